The summed E-state index contributed by atoms with van der Waals surface area (Å²) in [5.74, 6) is 1.89. The Balaban J connectivity index is 3.51. The monoisotopic (exact) mass is 503 g/mol. The molecule has 0 radical (unpaired) electrons. The lowest BCUT2D eigenvalue weighted by atomic mass is 9.92. The van der Waals surface area contributed by atoms with E-state index in [0.29, 0.717) is 24.1 Å². The Morgan fingerprint density at radius 3 is 2.17 bits per heavy atom. The Labute approximate surface area is 216 Å². The zero-order valence-corrected chi connectivity index (χ0v) is 23.0. The minimum Gasteiger partial charge on any atom is -0.444 e. The number of hydrogen-bond acceptors (Lipinski definition) is 5. The van der Waals surface area contributed by atoms with Crippen molar-refractivity contribution in [3.63, 3.8) is 0 Å². The summed E-state index contributed by atoms with van der Waals surface area (Å²) in [5.41, 5.74) is -0.142. The fourth-order valence-corrected chi connectivity index (χ4v) is 3.66. The second kappa shape index (κ2) is 13.4. The van der Waals surface area contributed by atoms with Crippen LogP contribution in [0.15, 0.2) is 24.3 Å². The van der Waals surface area contributed by atoms with Crippen LogP contribution in [0.5, 0.6) is 0 Å². The number of carbonyl (C=O) groups is 3. The van der Waals surface area contributed by atoms with Gasteiger partial charge in [0.05, 0.1) is 0 Å². The lowest BCUT2D eigenvalue weighted by molar-refractivity contribution is -0.148. The van der Waals surface area contributed by atoms with E-state index in [1.165, 1.54) is 0 Å². The van der Waals surface area contributed by atoms with Gasteiger partial charge in [-0.05, 0) is 65.2 Å². The Morgan fingerprint density at radius 2 is 1.71 bits per heavy atom. The van der Waals surface area contributed by atoms with E-state index in [2.05, 4.69) is 29.2 Å². The largest absolute Gasteiger partial charge is 0.444 e. The molecule has 1 rings (SSSR count). The molecule has 2 atom stereocenters. The number of ether oxygens (including phenoxy) is 1. The number of nitrogens with zero attached hydrogens (tertiary/aromatic N) is 1. The van der Waals surface area contributed by atoms with Crippen LogP contribution in [0.4, 0.5) is 4.79 Å². The fraction of sp³-hybridized carbons (Fsp3) is 0.593. The minimum atomic E-state index is -0.991. The minimum absolute atomic E-state index is 0.0363. The molecule has 1 aromatic rings. The molecule has 0 saturated heterocycles. The van der Waals surface area contributed by atoms with Crippen molar-refractivity contribution < 1.29 is 19.1 Å². The third-order valence-electron chi connectivity index (χ3n) is 5.66. The Kier molecular flexibility index (Phi) is 11.7. The van der Waals surface area contributed by atoms with Gasteiger partial charge in [-0.2, -0.15) is 12.6 Å². The van der Waals surface area contributed by atoms with Crippen molar-refractivity contribution in [2.45, 2.75) is 91.0 Å². The van der Waals surface area contributed by atoms with Gasteiger partial charge in [-0.25, -0.2) is 4.79 Å². The average Bonchev–Trinajstić information content (AvgIpc) is 2.79. The van der Waals surface area contributed by atoms with E-state index >= 15 is 0 Å². The van der Waals surface area contributed by atoms with Crippen LogP contribution in [0.3, 0.4) is 0 Å². The average molecular weight is 504 g/mol. The van der Waals surface area contributed by atoms with E-state index in [1.807, 2.05) is 27.7 Å². The smallest absolute Gasteiger partial charge is 0.408 e. The molecule has 194 valence electrons. The van der Waals surface area contributed by atoms with Crippen molar-refractivity contribution >= 4 is 30.5 Å². The molecule has 8 heteroatoms. The van der Waals surface area contributed by atoms with Gasteiger partial charge < -0.3 is 20.3 Å². The summed E-state index contributed by atoms with van der Waals surface area (Å²) in [6.45, 7) is 13.5. The molecule has 0 aliphatic rings. The van der Waals surface area contributed by atoms with Crippen molar-refractivity contribution in [3.8, 4) is 12.3 Å². The summed E-state index contributed by atoms with van der Waals surface area (Å²) in [7, 11) is 0. The third kappa shape index (κ3) is 9.14. The van der Waals surface area contributed by atoms with Gasteiger partial charge >= 0.3 is 6.09 Å². The van der Waals surface area contributed by atoms with Gasteiger partial charge in [0.2, 0.25) is 11.8 Å². The van der Waals surface area contributed by atoms with Crippen LogP contribution in [-0.2, 0) is 14.3 Å². The number of nitrogens with one attached hydrogen (secondary N) is 2. The molecule has 0 spiro atoms. The molecule has 35 heavy (non-hydrogen) atoms. The predicted molar refractivity (Wildman–Crippen MR) is 143 cm³/mol. The van der Waals surface area contributed by atoms with Crippen LogP contribution in [0.2, 0.25) is 0 Å². The number of hydrogen-bond donors (Lipinski definition) is 3. The second-order valence-corrected chi connectivity index (χ2v) is 10.4. The van der Waals surface area contributed by atoms with E-state index in [1.54, 1.807) is 49.9 Å². The molecule has 0 bridgehead atoms. The van der Waals surface area contributed by atoms with E-state index < -0.39 is 35.2 Å². The summed E-state index contributed by atoms with van der Waals surface area (Å²) in [5, 5.41) is 5.60. The van der Waals surface area contributed by atoms with Gasteiger partial charge in [0.25, 0.3) is 0 Å². The number of amides is 3. The Hall–Kier alpha value is -2.66. The molecule has 3 amide bonds. The zero-order chi connectivity index (χ0) is 26.8. The topological polar surface area (TPSA) is 87.7 Å². The molecule has 2 unspecified atom stereocenters. The highest BCUT2D eigenvalue weighted by molar-refractivity contribution is 7.80. The van der Waals surface area contributed by atoms with E-state index in [-0.39, 0.29) is 11.7 Å². The summed E-state index contributed by atoms with van der Waals surface area (Å²) in [6, 6.07) is 5.11. The molecular formula is C27H41N3O4S. The molecule has 0 heterocycles. The first-order chi connectivity index (χ1) is 16.3. The highest BCUT2D eigenvalue weighted by Crippen LogP contribution is 2.32. The maximum atomic E-state index is 13.9. The van der Waals surface area contributed by atoms with Crippen molar-refractivity contribution in [2.24, 2.45) is 0 Å². The number of terminal acetylenes is 1. The standard InChI is InChI=1S/C27H41N3O4S/c1-9-12-17-28-23(31)22(20-15-13-19(10-2)14-16-20)30(27(7,8)11-3)24(32)21(18-35)29-25(33)34-26(4,5)6/h2,13-16,21-22,35H,9,11-12,17-18H2,1,3-8H3,(H,28,31)(H,29,33). The maximum absolute atomic E-state index is 13.9. The van der Waals surface area contributed by atoms with Crippen LogP contribution in [0, 0.1) is 12.3 Å². The fourth-order valence-electron chi connectivity index (χ4n) is 3.41. The van der Waals surface area contributed by atoms with Gasteiger partial charge in [0, 0.05) is 23.4 Å². The molecular weight excluding hydrogens is 462 g/mol. The molecule has 2 N–H and O–H groups in total. The maximum Gasteiger partial charge on any atom is 0.408 e. The van der Waals surface area contributed by atoms with Gasteiger partial charge in [0.1, 0.15) is 17.7 Å². The summed E-state index contributed by atoms with van der Waals surface area (Å²) >= 11 is 4.32. The van der Waals surface area contributed by atoms with Crippen molar-refractivity contribution in [1.82, 2.24) is 15.5 Å². The molecule has 7 nitrogen and oxygen atoms in total. The van der Waals surface area contributed by atoms with E-state index in [4.69, 9.17) is 11.2 Å². The van der Waals surface area contributed by atoms with Gasteiger partial charge in [-0.1, -0.05) is 38.3 Å². The lowest BCUT2D eigenvalue weighted by Crippen LogP contribution is -2.60. The highest BCUT2D eigenvalue weighted by Gasteiger charge is 2.42. The van der Waals surface area contributed by atoms with Crippen LogP contribution in [0.1, 0.15) is 84.9 Å². The number of rotatable bonds is 11. The van der Waals surface area contributed by atoms with E-state index in [0.717, 1.165) is 12.8 Å². The third-order valence-corrected chi connectivity index (χ3v) is 6.02. The lowest BCUT2D eigenvalue weighted by Gasteiger charge is -2.44. The summed E-state index contributed by atoms with van der Waals surface area (Å²) in [6.07, 6.45) is 7.10. The zero-order valence-electron chi connectivity index (χ0n) is 22.1. The van der Waals surface area contributed by atoms with Gasteiger partial charge in [-0.3, -0.25) is 9.59 Å². The number of alkyl carbamates (subject to hydrolysis) is 1. The van der Waals surface area contributed by atoms with Crippen LogP contribution in [0.25, 0.3) is 0 Å². The van der Waals surface area contributed by atoms with Gasteiger partial charge in [0.15, 0.2) is 0 Å². The normalized spacial score (nSPS) is 13.2. The van der Waals surface area contributed by atoms with Crippen molar-refractivity contribution in [3.05, 3.63) is 35.4 Å². The summed E-state index contributed by atoms with van der Waals surface area (Å²) in [4.78, 5) is 41.5. The Bertz CT molecular complexity index is 900. The number of benzene rings is 1. The molecule has 0 fully saturated rings. The molecule has 0 aromatic heterocycles. The molecule has 0 aliphatic heterocycles. The van der Waals surface area contributed by atoms with Gasteiger partial charge in [-0.15, -0.1) is 6.42 Å². The number of unbranched alkanes of at least 4 members (excludes halogenated alkanes) is 1. The molecule has 0 aliphatic carbocycles. The van der Waals surface area contributed by atoms with Crippen LogP contribution in [-0.4, -0.2) is 52.3 Å². The van der Waals surface area contributed by atoms with E-state index in [9.17, 15) is 14.4 Å². The highest BCUT2D eigenvalue weighted by atomic mass is 32.1. The number of thiol groups is 1. The molecule has 1 aromatic carbocycles. The van der Waals surface area contributed by atoms with Crippen molar-refractivity contribution in [1.29, 1.82) is 0 Å². The van der Waals surface area contributed by atoms with Crippen LogP contribution >= 0.6 is 12.6 Å². The summed E-state index contributed by atoms with van der Waals surface area (Å²) < 4.78 is 5.34. The van der Waals surface area contributed by atoms with Crippen LogP contribution < -0.4 is 10.6 Å². The van der Waals surface area contributed by atoms with Crippen molar-refractivity contribution in [2.75, 3.05) is 12.3 Å². The number of carbonyl (C=O) groups excluding carboxylic acids is 3. The first-order valence-corrected chi connectivity index (χ1v) is 12.7. The predicted octanol–water partition coefficient (Wildman–Crippen LogP) is 4.47. The second-order valence-electron chi connectivity index (χ2n) is 10.1. The molecule has 0 saturated carbocycles. The SMILES string of the molecule is C#Cc1ccc(C(C(=O)NCCCC)N(C(=O)C(CS)NC(=O)OC(C)(C)C)C(C)(C)CC)cc1. The quantitative estimate of drug-likeness (QED) is 0.236. The Morgan fingerprint density at radius 1 is 1.11 bits per heavy atom. The first-order valence-electron chi connectivity index (χ1n) is 12.1. The first kappa shape index (κ1) is 30.4.